The third kappa shape index (κ3) is 25.9. The van der Waals surface area contributed by atoms with Crippen LogP contribution in [0.4, 0.5) is 0 Å². The second-order valence-electron chi connectivity index (χ2n) is 6.47. The summed E-state index contributed by atoms with van der Waals surface area (Å²) in [5, 5.41) is 8.33. The molecular formula is C14H34N4O8S4. The zero-order valence-electron chi connectivity index (χ0n) is 16.6. The van der Waals surface area contributed by atoms with Crippen LogP contribution in [0.5, 0.6) is 0 Å². The van der Waals surface area contributed by atoms with Crippen molar-refractivity contribution in [3.63, 3.8) is 0 Å². The molecule has 0 amide bonds. The van der Waals surface area contributed by atoms with Crippen LogP contribution in [0.2, 0.25) is 0 Å². The Kier molecular flexibility index (Phi) is 18.6. The molecule has 0 fully saturated rings. The molecule has 0 aromatic carbocycles. The lowest BCUT2D eigenvalue weighted by Crippen LogP contribution is -2.29. The van der Waals surface area contributed by atoms with Crippen molar-refractivity contribution in [3.05, 3.63) is 0 Å². The molecule has 182 valence electrons. The first-order chi connectivity index (χ1) is 13.7. The van der Waals surface area contributed by atoms with Crippen molar-refractivity contribution in [1.82, 2.24) is 0 Å². The fourth-order valence-corrected chi connectivity index (χ4v) is 5.37. The molecule has 0 rings (SSSR count). The highest BCUT2D eigenvalue weighted by atomic mass is 33.1. The smallest absolute Gasteiger partial charge is 0.320 e. The van der Waals surface area contributed by atoms with Crippen LogP contribution < -0.4 is 22.9 Å². The Labute approximate surface area is 186 Å². The van der Waals surface area contributed by atoms with Gasteiger partial charge in [0.15, 0.2) is 0 Å². The van der Waals surface area contributed by atoms with Crippen LogP contribution in [0.1, 0.15) is 32.1 Å². The minimum absolute atomic E-state index is 0.168. The molecule has 0 aliphatic carbocycles. The van der Waals surface area contributed by atoms with Gasteiger partial charge in [-0.15, -0.1) is 0 Å². The normalized spacial score (nSPS) is 15.0. The largest absolute Gasteiger partial charge is 0.480 e. The lowest BCUT2D eigenvalue weighted by molar-refractivity contribution is -0.138. The molecule has 0 aromatic rings. The lowest BCUT2D eigenvalue weighted by Gasteiger charge is -2.12. The van der Waals surface area contributed by atoms with Crippen LogP contribution in [-0.2, 0) is 25.0 Å². The second-order valence-corrected chi connectivity index (χ2v) is 12.2. The number of unbranched alkanes of at least 4 members (excludes halogenated alkanes) is 1. The van der Waals surface area contributed by atoms with Gasteiger partial charge in [-0.25, -0.2) is 0 Å². The molecule has 0 aliphatic heterocycles. The Bertz CT molecular complexity index is 619. The summed E-state index contributed by atoms with van der Waals surface area (Å²) in [4.78, 5) is 10.1. The number of aliphatic carboxylic acids is 1. The number of rotatable bonds is 16. The Morgan fingerprint density at radius 2 is 1.20 bits per heavy atom. The van der Waals surface area contributed by atoms with E-state index in [-0.39, 0.29) is 36.4 Å². The van der Waals surface area contributed by atoms with E-state index in [1.807, 2.05) is 0 Å². The van der Waals surface area contributed by atoms with Crippen molar-refractivity contribution in [2.24, 2.45) is 22.9 Å². The van der Waals surface area contributed by atoms with E-state index < -0.39 is 32.2 Å². The summed E-state index contributed by atoms with van der Waals surface area (Å²) in [5.74, 6) is -0.686. The molecule has 11 N–H and O–H groups in total. The molecule has 0 saturated carbocycles. The highest BCUT2D eigenvalue weighted by molar-refractivity contribution is 8.76. The Morgan fingerprint density at radius 1 is 0.800 bits per heavy atom. The van der Waals surface area contributed by atoms with Crippen molar-refractivity contribution >= 4 is 47.8 Å². The van der Waals surface area contributed by atoms with Gasteiger partial charge in [-0.2, -0.15) is 16.8 Å². The van der Waals surface area contributed by atoms with Gasteiger partial charge in [0.1, 0.15) is 6.04 Å². The maximum atomic E-state index is 10.5. The number of carboxylic acids is 1. The molecule has 0 saturated heterocycles. The summed E-state index contributed by atoms with van der Waals surface area (Å²) in [6.45, 7) is 0.604. The first kappa shape index (κ1) is 32.0. The molecule has 30 heavy (non-hydrogen) atoms. The van der Waals surface area contributed by atoms with Crippen LogP contribution in [-0.4, -0.2) is 84.7 Å². The van der Waals surface area contributed by atoms with Gasteiger partial charge >= 0.3 is 5.97 Å². The van der Waals surface area contributed by atoms with E-state index in [1.165, 1.54) is 21.6 Å². The molecule has 2 unspecified atom stereocenters. The third-order valence-electron chi connectivity index (χ3n) is 3.43. The van der Waals surface area contributed by atoms with Crippen molar-refractivity contribution in [3.8, 4) is 0 Å². The maximum Gasteiger partial charge on any atom is 0.320 e. The Balaban J connectivity index is 0. The Hall–Kier alpha value is -0.170. The molecule has 0 aliphatic rings. The van der Waals surface area contributed by atoms with E-state index in [0.29, 0.717) is 24.5 Å². The number of nitrogens with two attached hydrogens (primary N) is 4. The highest BCUT2D eigenvalue weighted by Crippen LogP contribution is 2.23. The number of hydrogen-bond acceptors (Lipinski definition) is 11. The number of carboxylic acid groups (broad SMARTS) is 1. The van der Waals surface area contributed by atoms with Gasteiger partial charge < -0.3 is 28.0 Å². The minimum atomic E-state index is -3.98. The van der Waals surface area contributed by atoms with Gasteiger partial charge in [-0.05, 0) is 32.2 Å². The summed E-state index contributed by atoms with van der Waals surface area (Å²) in [7, 11) is -5.17. The standard InChI is InChI=1S/C8H20N2O6S4.C6H14N2O2/c9-7(1-3-19(11,12)13)5-17-18-6-8(10)2-4-20(14,15)16;7-4-2-1-3-5(8)6(9)10/h7-8H,1-6,9-10H2,(H,11,12,13)(H,14,15,16);5H,1-4,7-8H2,(H,9,10)/t;5-/m.0/s1. The van der Waals surface area contributed by atoms with E-state index in [4.69, 9.17) is 37.1 Å². The third-order valence-corrected chi connectivity index (χ3v) is 7.54. The second kappa shape index (κ2) is 17.4. The predicted octanol–water partition coefficient (Wildman–Crippen LogP) is -0.894. The molecule has 3 atom stereocenters. The van der Waals surface area contributed by atoms with E-state index in [9.17, 15) is 21.6 Å². The summed E-state index contributed by atoms with van der Waals surface area (Å²) in [5.41, 5.74) is 21.7. The van der Waals surface area contributed by atoms with Crippen molar-refractivity contribution < 1.29 is 35.8 Å². The van der Waals surface area contributed by atoms with Crippen LogP contribution in [0, 0.1) is 0 Å². The van der Waals surface area contributed by atoms with E-state index >= 15 is 0 Å². The molecule has 0 bridgehead atoms. The lowest BCUT2D eigenvalue weighted by atomic mass is 10.1. The summed E-state index contributed by atoms with van der Waals surface area (Å²) >= 11 is 0. The van der Waals surface area contributed by atoms with Crippen molar-refractivity contribution in [1.29, 1.82) is 0 Å². The zero-order chi connectivity index (χ0) is 23.8. The highest BCUT2D eigenvalue weighted by Gasteiger charge is 2.12. The fourth-order valence-electron chi connectivity index (χ4n) is 1.67. The molecule has 12 nitrogen and oxygen atoms in total. The summed E-state index contributed by atoms with van der Waals surface area (Å²) in [6.07, 6.45) is 2.50. The number of hydrogen-bond donors (Lipinski definition) is 7. The van der Waals surface area contributed by atoms with Crippen LogP contribution in [0.25, 0.3) is 0 Å². The van der Waals surface area contributed by atoms with Gasteiger partial charge in [0.2, 0.25) is 0 Å². The maximum absolute atomic E-state index is 10.5. The van der Waals surface area contributed by atoms with Gasteiger partial charge in [-0.3, -0.25) is 13.9 Å². The van der Waals surface area contributed by atoms with Crippen molar-refractivity contribution in [2.45, 2.75) is 50.2 Å². The molecular weight excluding hydrogens is 480 g/mol. The molecule has 0 aromatic heterocycles. The molecule has 0 radical (unpaired) electrons. The minimum Gasteiger partial charge on any atom is -0.480 e. The van der Waals surface area contributed by atoms with Gasteiger partial charge in [0.05, 0.1) is 11.5 Å². The molecule has 0 spiro atoms. The fraction of sp³-hybridized carbons (Fsp3) is 0.929. The van der Waals surface area contributed by atoms with Gasteiger partial charge in [-0.1, -0.05) is 28.0 Å². The topological polar surface area (TPSA) is 250 Å². The first-order valence-electron chi connectivity index (χ1n) is 9.02. The van der Waals surface area contributed by atoms with Crippen LogP contribution in [0.3, 0.4) is 0 Å². The number of carbonyl (C=O) groups is 1. The van der Waals surface area contributed by atoms with Crippen molar-refractivity contribution in [2.75, 3.05) is 29.6 Å². The SMILES string of the molecule is NC(CCS(=O)(=O)O)CSSCC(N)CCS(=O)(=O)O.NCCCC[C@H](N)C(=O)O. The predicted molar refractivity (Wildman–Crippen MR) is 121 cm³/mol. The van der Waals surface area contributed by atoms with E-state index in [1.54, 1.807) is 0 Å². The average molecular weight is 515 g/mol. The van der Waals surface area contributed by atoms with Crippen LogP contribution >= 0.6 is 21.6 Å². The summed E-state index contributed by atoms with van der Waals surface area (Å²) < 4.78 is 59.1. The van der Waals surface area contributed by atoms with E-state index in [0.717, 1.165) is 12.8 Å². The van der Waals surface area contributed by atoms with E-state index in [2.05, 4.69) is 0 Å². The first-order valence-corrected chi connectivity index (χ1v) is 14.7. The average Bonchev–Trinajstić information content (AvgIpc) is 2.61. The van der Waals surface area contributed by atoms with Crippen LogP contribution in [0.15, 0.2) is 0 Å². The Morgan fingerprint density at radius 3 is 1.50 bits per heavy atom. The summed E-state index contributed by atoms with van der Waals surface area (Å²) in [6, 6.07) is -1.43. The van der Waals surface area contributed by atoms with Gasteiger partial charge in [0, 0.05) is 23.6 Å². The molecule has 16 heteroatoms. The van der Waals surface area contributed by atoms with Gasteiger partial charge in [0.25, 0.3) is 20.2 Å². The molecule has 0 heterocycles. The zero-order valence-corrected chi connectivity index (χ0v) is 19.9. The monoisotopic (exact) mass is 514 g/mol. The quantitative estimate of drug-likeness (QED) is 0.0749.